The van der Waals surface area contributed by atoms with E-state index in [-0.39, 0.29) is 17.2 Å². The predicted octanol–water partition coefficient (Wildman–Crippen LogP) is 3.70. The summed E-state index contributed by atoms with van der Waals surface area (Å²) in [4.78, 5) is 16.5. The van der Waals surface area contributed by atoms with Gasteiger partial charge in [0.05, 0.1) is 16.9 Å². The summed E-state index contributed by atoms with van der Waals surface area (Å²) in [6, 6.07) is 4.39. The molecular weight excluding hydrogens is 277 g/mol. The number of carbonyl (C=O) groups is 1. The number of aromatic nitrogens is 1. The number of carbonyl (C=O) groups excluding carboxylic acids is 1. The molecule has 20 heavy (non-hydrogen) atoms. The Hall–Kier alpha value is -1.95. The normalized spacial score (nSPS) is 10.7. The van der Waals surface area contributed by atoms with Crippen molar-refractivity contribution in [1.29, 1.82) is 0 Å². The summed E-state index contributed by atoms with van der Waals surface area (Å²) < 4.78 is 13.6. The van der Waals surface area contributed by atoms with E-state index in [9.17, 15) is 9.18 Å². The molecule has 1 aromatic carbocycles. The first-order chi connectivity index (χ1) is 9.52. The number of hydrogen-bond donors (Lipinski definition) is 2. The number of amides is 1. The maximum absolute atomic E-state index is 13.6. The molecule has 2 N–H and O–H groups in total. The molecule has 2 rings (SSSR count). The molecule has 2 aromatic rings. The van der Waals surface area contributed by atoms with Crippen molar-refractivity contribution < 1.29 is 9.18 Å². The number of anilines is 2. The van der Waals surface area contributed by atoms with E-state index in [2.05, 4.69) is 15.6 Å². The number of hydrogen-bond acceptors (Lipinski definition) is 4. The van der Waals surface area contributed by atoms with Gasteiger partial charge in [-0.3, -0.25) is 10.1 Å². The van der Waals surface area contributed by atoms with E-state index in [1.165, 1.54) is 23.5 Å². The van der Waals surface area contributed by atoms with Crippen LogP contribution in [0.1, 0.15) is 35.8 Å². The van der Waals surface area contributed by atoms with Crippen molar-refractivity contribution in [3.63, 3.8) is 0 Å². The van der Waals surface area contributed by atoms with Gasteiger partial charge in [0.15, 0.2) is 5.13 Å². The van der Waals surface area contributed by atoms with Crippen LogP contribution in [0.15, 0.2) is 23.6 Å². The zero-order valence-electron chi connectivity index (χ0n) is 11.5. The predicted molar refractivity (Wildman–Crippen MR) is 80.1 cm³/mol. The first-order valence-corrected chi connectivity index (χ1v) is 7.14. The second-order valence-corrected chi connectivity index (χ2v) is 5.46. The van der Waals surface area contributed by atoms with Crippen LogP contribution in [0.2, 0.25) is 0 Å². The lowest BCUT2D eigenvalue weighted by Crippen LogP contribution is -2.14. The van der Waals surface area contributed by atoms with Crippen molar-refractivity contribution in [1.82, 2.24) is 4.98 Å². The van der Waals surface area contributed by atoms with Gasteiger partial charge < -0.3 is 5.32 Å². The molecular formula is C14H16FN3OS. The van der Waals surface area contributed by atoms with E-state index in [0.29, 0.717) is 11.0 Å². The Morgan fingerprint density at radius 2 is 2.15 bits per heavy atom. The van der Waals surface area contributed by atoms with Gasteiger partial charge in [-0.15, -0.1) is 11.3 Å². The summed E-state index contributed by atoms with van der Waals surface area (Å²) in [5.41, 5.74) is 1.37. The lowest BCUT2D eigenvalue weighted by Gasteiger charge is -2.09. The van der Waals surface area contributed by atoms with E-state index < -0.39 is 5.82 Å². The molecule has 1 aromatic heterocycles. The number of halogens is 1. The maximum atomic E-state index is 13.6. The van der Waals surface area contributed by atoms with Gasteiger partial charge in [0.25, 0.3) is 5.91 Å². The SMILES string of the molecule is CNc1c(F)cccc1C(=O)Nc1nc(C(C)C)cs1. The summed E-state index contributed by atoms with van der Waals surface area (Å²) in [6.07, 6.45) is 0. The van der Waals surface area contributed by atoms with Crippen LogP contribution in [-0.2, 0) is 0 Å². The third kappa shape index (κ3) is 2.96. The molecule has 0 bridgehead atoms. The number of rotatable bonds is 4. The largest absolute Gasteiger partial charge is 0.385 e. The Kier molecular flexibility index (Phi) is 4.34. The van der Waals surface area contributed by atoms with Crippen LogP contribution in [0.3, 0.4) is 0 Å². The van der Waals surface area contributed by atoms with Crippen LogP contribution < -0.4 is 10.6 Å². The van der Waals surface area contributed by atoms with Crippen molar-refractivity contribution in [2.45, 2.75) is 19.8 Å². The Bertz CT molecular complexity index is 625. The summed E-state index contributed by atoms with van der Waals surface area (Å²) >= 11 is 1.36. The number of benzene rings is 1. The molecule has 0 aliphatic carbocycles. The van der Waals surface area contributed by atoms with Gasteiger partial charge in [0, 0.05) is 12.4 Å². The average molecular weight is 293 g/mol. The molecule has 0 saturated heterocycles. The van der Waals surface area contributed by atoms with Crippen LogP contribution in [0, 0.1) is 5.82 Å². The highest BCUT2D eigenvalue weighted by Gasteiger charge is 2.16. The van der Waals surface area contributed by atoms with Crippen molar-refractivity contribution >= 4 is 28.1 Å². The fourth-order valence-corrected chi connectivity index (χ4v) is 2.61. The Morgan fingerprint density at radius 3 is 2.75 bits per heavy atom. The first-order valence-electron chi connectivity index (χ1n) is 6.26. The summed E-state index contributed by atoms with van der Waals surface area (Å²) in [6.45, 7) is 4.07. The maximum Gasteiger partial charge on any atom is 0.259 e. The molecule has 0 spiro atoms. The van der Waals surface area contributed by atoms with Gasteiger partial charge in [-0.1, -0.05) is 19.9 Å². The summed E-state index contributed by atoms with van der Waals surface area (Å²) in [7, 11) is 1.58. The molecule has 1 amide bonds. The van der Waals surface area contributed by atoms with Crippen LogP contribution in [-0.4, -0.2) is 17.9 Å². The van der Waals surface area contributed by atoms with Crippen molar-refractivity contribution in [3.05, 3.63) is 40.7 Å². The lowest BCUT2D eigenvalue weighted by molar-refractivity contribution is 0.102. The molecule has 0 atom stereocenters. The van der Waals surface area contributed by atoms with Crippen LogP contribution >= 0.6 is 11.3 Å². The number of para-hydroxylation sites is 1. The third-order valence-electron chi connectivity index (χ3n) is 2.84. The van der Waals surface area contributed by atoms with Gasteiger partial charge >= 0.3 is 0 Å². The van der Waals surface area contributed by atoms with Crippen molar-refractivity contribution in [2.75, 3.05) is 17.7 Å². The van der Waals surface area contributed by atoms with Gasteiger partial charge in [-0.25, -0.2) is 9.37 Å². The highest BCUT2D eigenvalue weighted by atomic mass is 32.1. The van der Waals surface area contributed by atoms with Crippen LogP contribution in [0.4, 0.5) is 15.2 Å². The fourth-order valence-electron chi connectivity index (χ4n) is 1.74. The Labute approximate surface area is 121 Å². The number of nitrogens with one attached hydrogen (secondary N) is 2. The highest BCUT2D eigenvalue weighted by Crippen LogP contribution is 2.24. The fraction of sp³-hybridized carbons (Fsp3) is 0.286. The molecule has 6 heteroatoms. The number of nitrogens with zero attached hydrogens (tertiary/aromatic N) is 1. The quantitative estimate of drug-likeness (QED) is 0.903. The second kappa shape index (κ2) is 6.00. The second-order valence-electron chi connectivity index (χ2n) is 4.60. The molecule has 0 saturated carbocycles. The summed E-state index contributed by atoms with van der Waals surface area (Å²) in [5.74, 6) is -0.528. The minimum absolute atomic E-state index is 0.186. The molecule has 4 nitrogen and oxygen atoms in total. The minimum atomic E-state index is -0.456. The van der Waals surface area contributed by atoms with Crippen LogP contribution in [0.5, 0.6) is 0 Å². The van der Waals surface area contributed by atoms with E-state index >= 15 is 0 Å². The van der Waals surface area contributed by atoms with Gasteiger partial charge in [-0.2, -0.15) is 0 Å². The molecule has 0 aliphatic heterocycles. The first kappa shape index (κ1) is 14.5. The van der Waals surface area contributed by atoms with E-state index in [1.54, 1.807) is 13.1 Å². The number of thiazole rings is 1. The lowest BCUT2D eigenvalue weighted by atomic mass is 10.1. The van der Waals surface area contributed by atoms with Gasteiger partial charge in [0.2, 0.25) is 0 Å². The molecule has 0 unspecified atom stereocenters. The smallest absolute Gasteiger partial charge is 0.259 e. The molecule has 0 aliphatic rings. The van der Waals surface area contributed by atoms with E-state index in [4.69, 9.17) is 0 Å². The van der Waals surface area contributed by atoms with Crippen molar-refractivity contribution in [3.8, 4) is 0 Å². The van der Waals surface area contributed by atoms with E-state index in [1.807, 2.05) is 19.2 Å². The van der Waals surface area contributed by atoms with Gasteiger partial charge in [0.1, 0.15) is 5.82 Å². The minimum Gasteiger partial charge on any atom is -0.385 e. The van der Waals surface area contributed by atoms with Crippen LogP contribution in [0.25, 0.3) is 0 Å². The zero-order valence-corrected chi connectivity index (χ0v) is 12.3. The highest BCUT2D eigenvalue weighted by molar-refractivity contribution is 7.14. The standard InChI is InChI=1S/C14H16FN3OS/c1-8(2)11-7-20-14(17-11)18-13(19)9-5-4-6-10(15)12(9)16-3/h4-8,16H,1-3H3,(H,17,18,19). The zero-order chi connectivity index (χ0) is 14.7. The molecule has 1 heterocycles. The molecule has 106 valence electrons. The monoisotopic (exact) mass is 293 g/mol. The topological polar surface area (TPSA) is 54.0 Å². The average Bonchev–Trinajstić information content (AvgIpc) is 2.87. The Morgan fingerprint density at radius 1 is 1.40 bits per heavy atom. The third-order valence-corrected chi connectivity index (χ3v) is 3.62. The summed E-state index contributed by atoms with van der Waals surface area (Å²) in [5, 5.41) is 7.82. The molecule has 0 radical (unpaired) electrons. The van der Waals surface area contributed by atoms with Crippen molar-refractivity contribution in [2.24, 2.45) is 0 Å². The Balaban J connectivity index is 2.21. The van der Waals surface area contributed by atoms with Gasteiger partial charge in [-0.05, 0) is 18.1 Å². The van der Waals surface area contributed by atoms with E-state index in [0.717, 1.165) is 5.69 Å². The molecule has 0 fully saturated rings.